The summed E-state index contributed by atoms with van der Waals surface area (Å²) >= 11 is 1.18. The number of non-ortho nitro benzene ring substituents is 1. The van der Waals surface area contributed by atoms with Crippen LogP contribution in [0.3, 0.4) is 0 Å². The quantitative estimate of drug-likeness (QED) is 0.113. The molecule has 3 aromatic carbocycles. The summed E-state index contributed by atoms with van der Waals surface area (Å²) in [4.78, 5) is 25.8. The lowest BCUT2D eigenvalue weighted by atomic mass is 10.2. The number of rotatable bonds is 8. The Morgan fingerprint density at radius 1 is 0.947 bits per heavy atom. The van der Waals surface area contributed by atoms with E-state index in [-0.39, 0.29) is 18.1 Å². The zero-order valence-corrected chi connectivity index (χ0v) is 20.7. The zero-order chi connectivity index (χ0) is 26.3. The lowest BCUT2D eigenvalue weighted by molar-refractivity contribution is -0.384. The molecule has 0 unspecified atom stereocenters. The van der Waals surface area contributed by atoms with Crippen LogP contribution in [0.15, 0.2) is 117 Å². The number of carbonyl (C=O) groups excluding carboxylic acids is 1. The van der Waals surface area contributed by atoms with Gasteiger partial charge in [0.2, 0.25) is 0 Å². The number of amidine groups is 1. The molecule has 1 aromatic heterocycles. The van der Waals surface area contributed by atoms with Crippen LogP contribution in [0.5, 0.6) is 11.5 Å². The number of hydrogen-bond donors (Lipinski definition) is 0. The summed E-state index contributed by atoms with van der Waals surface area (Å²) in [5.41, 5.74) is 1.25. The number of hydrogen-bond acceptors (Lipinski definition) is 8. The van der Waals surface area contributed by atoms with Crippen LogP contribution in [0.1, 0.15) is 16.9 Å². The Morgan fingerprint density at radius 3 is 2.53 bits per heavy atom. The zero-order valence-electron chi connectivity index (χ0n) is 19.8. The summed E-state index contributed by atoms with van der Waals surface area (Å²) in [7, 11) is 0. The van der Waals surface area contributed by atoms with Crippen LogP contribution < -0.4 is 4.74 Å². The molecule has 0 atom stereocenters. The van der Waals surface area contributed by atoms with E-state index in [9.17, 15) is 14.9 Å². The molecule has 0 aliphatic carbocycles. The van der Waals surface area contributed by atoms with E-state index in [0.29, 0.717) is 32.9 Å². The summed E-state index contributed by atoms with van der Waals surface area (Å²) in [5, 5.41) is 19.7. The third kappa shape index (κ3) is 6.05. The van der Waals surface area contributed by atoms with Gasteiger partial charge in [-0.2, -0.15) is 5.10 Å². The minimum atomic E-state index is -0.475. The van der Waals surface area contributed by atoms with Crippen molar-refractivity contribution < 1.29 is 18.9 Å². The normalized spacial score (nSPS) is 15.6. The lowest BCUT2D eigenvalue weighted by Gasteiger charge is -2.12. The molecule has 9 nitrogen and oxygen atoms in total. The fourth-order valence-corrected chi connectivity index (χ4v) is 4.52. The average Bonchev–Trinajstić information content (AvgIpc) is 3.54. The summed E-state index contributed by atoms with van der Waals surface area (Å²) in [5.74, 6) is 1.70. The second-order valence-corrected chi connectivity index (χ2v) is 9.06. The molecule has 0 radical (unpaired) electrons. The molecule has 4 aromatic rings. The van der Waals surface area contributed by atoms with E-state index in [0.717, 1.165) is 5.56 Å². The topological polar surface area (TPSA) is 111 Å². The molecule has 0 N–H and O–H groups in total. The van der Waals surface area contributed by atoms with Crippen molar-refractivity contribution in [1.29, 1.82) is 0 Å². The Morgan fingerprint density at radius 2 is 1.74 bits per heavy atom. The Kier molecular flexibility index (Phi) is 7.42. The van der Waals surface area contributed by atoms with Gasteiger partial charge in [-0.05, 0) is 59.8 Å². The number of benzene rings is 3. The van der Waals surface area contributed by atoms with Crippen LogP contribution >= 0.6 is 11.8 Å². The lowest BCUT2D eigenvalue weighted by Crippen LogP contribution is -2.28. The molecule has 1 amide bonds. The van der Waals surface area contributed by atoms with Gasteiger partial charge in [0.25, 0.3) is 11.6 Å². The van der Waals surface area contributed by atoms with Crippen LogP contribution in [-0.4, -0.2) is 27.1 Å². The van der Waals surface area contributed by atoms with E-state index < -0.39 is 4.92 Å². The minimum absolute atomic E-state index is 0.0461. The van der Waals surface area contributed by atoms with Crippen molar-refractivity contribution in [2.75, 3.05) is 0 Å². The van der Waals surface area contributed by atoms with Crippen molar-refractivity contribution in [3.63, 3.8) is 0 Å². The average molecular weight is 525 g/mol. The summed E-state index contributed by atoms with van der Waals surface area (Å²) in [6.07, 6.45) is 4.71. The highest BCUT2D eigenvalue weighted by Gasteiger charge is 2.34. The number of ether oxygens (including phenoxy) is 1. The Hall–Kier alpha value is -4.96. The second kappa shape index (κ2) is 11.4. The summed E-state index contributed by atoms with van der Waals surface area (Å²) in [6.45, 7) is 0.179. The van der Waals surface area contributed by atoms with Gasteiger partial charge in [0.15, 0.2) is 5.17 Å². The largest absolute Gasteiger partial charge is 0.467 e. The van der Waals surface area contributed by atoms with Gasteiger partial charge >= 0.3 is 0 Å². The first-order chi connectivity index (χ1) is 18.5. The maximum atomic E-state index is 13.3. The van der Waals surface area contributed by atoms with Crippen molar-refractivity contribution >= 4 is 40.8 Å². The Labute approximate surface area is 221 Å². The highest BCUT2D eigenvalue weighted by molar-refractivity contribution is 8.18. The first kappa shape index (κ1) is 24.7. The highest BCUT2D eigenvalue weighted by atomic mass is 32.2. The molecule has 0 bridgehead atoms. The van der Waals surface area contributed by atoms with Gasteiger partial charge in [0, 0.05) is 17.7 Å². The van der Waals surface area contributed by atoms with Gasteiger partial charge in [0.1, 0.15) is 17.3 Å². The maximum absolute atomic E-state index is 13.3. The fourth-order valence-electron chi connectivity index (χ4n) is 3.59. The molecule has 1 fully saturated rings. The third-order valence-electron chi connectivity index (χ3n) is 5.35. The first-order valence-electron chi connectivity index (χ1n) is 11.5. The molecular formula is C28H20N4O5S. The number of nitro benzene ring substituents is 1. The monoisotopic (exact) mass is 524 g/mol. The number of amides is 1. The van der Waals surface area contributed by atoms with Crippen LogP contribution in [0.2, 0.25) is 0 Å². The molecule has 1 aliphatic rings. The van der Waals surface area contributed by atoms with Crippen LogP contribution in [0, 0.1) is 10.1 Å². The molecule has 0 spiro atoms. The molecule has 38 heavy (non-hydrogen) atoms. The highest BCUT2D eigenvalue weighted by Crippen LogP contribution is 2.34. The van der Waals surface area contributed by atoms with E-state index in [1.54, 1.807) is 30.3 Å². The molecule has 188 valence electrons. The summed E-state index contributed by atoms with van der Waals surface area (Å²) < 4.78 is 11.3. The Bertz CT molecular complexity index is 1550. The third-order valence-corrected chi connectivity index (χ3v) is 6.35. The molecule has 0 saturated carbocycles. The molecule has 1 aliphatic heterocycles. The van der Waals surface area contributed by atoms with Gasteiger partial charge < -0.3 is 9.15 Å². The molecule has 1 saturated heterocycles. The van der Waals surface area contributed by atoms with Gasteiger partial charge in [-0.3, -0.25) is 19.8 Å². The van der Waals surface area contributed by atoms with E-state index in [1.807, 2.05) is 54.6 Å². The van der Waals surface area contributed by atoms with Gasteiger partial charge in [-0.15, -0.1) is 5.10 Å². The van der Waals surface area contributed by atoms with Crippen molar-refractivity contribution in [2.24, 2.45) is 10.2 Å². The SMILES string of the molecule is O=C1/C(=C/c2cccc(Oc3ccccc3)c2)S/C(=N\N=C\c2cccc([N+](=O)[O-])c2)N1Cc1ccco1. The number of nitro groups is 1. The van der Waals surface area contributed by atoms with Crippen LogP contribution in [0.4, 0.5) is 5.69 Å². The van der Waals surface area contributed by atoms with E-state index in [2.05, 4.69) is 10.2 Å². The summed E-state index contributed by atoms with van der Waals surface area (Å²) in [6, 6.07) is 26.4. The van der Waals surface area contributed by atoms with Crippen LogP contribution in [-0.2, 0) is 11.3 Å². The van der Waals surface area contributed by atoms with Gasteiger partial charge in [-0.1, -0.05) is 42.5 Å². The van der Waals surface area contributed by atoms with Gasteiger partial charge in [0.05, 0.1) is 28.9 Å². The predicted octanol–water partition coefficient (Wildman–Crippen LogP) is 6.49. The standard InChI is InChI=1S/C28H20N4O5S/c33-27-26(17-20-7-5-12-24(16-20)37-23-10-2-1-3-11-23)38-28(31(27)19-25-13-6-14-36-25)30-29-18-21-8-4-9-22(15-21)32(34)35/h1-18H,19H2/b26-17-,29-18+,30-28-. The number of thioether (sulfide) groups is 1. The fraction of sp³-hybridized carbons (Fsp3) is 0.0357. The van der Waals surface area contributed by atoms with E-state index in [4.69, 9.17) is 9.15 Å². The van der Waals surface area contributed by atoms with Gasteiger partial charge in [-0.25, -0.2) is 0 Å². The number of para-hydroxylation sites is 1. The van der Waals surface area contributed by atoms with Crippen LogP contribution in [0.25, 0.3) is 6.08 Å². The molecule has 10 heteroatoms. The molecular weight excluding hydrogens is 504 g/mol. The molecule has 2 heterocycles. The van der Waals surface area contributed by atoms with E-state index >= 15 is 0 Å². The van der Waals surface area contributed by atoms with Crippen molar-refractivity contribution in [1.82, 2.24) is 4.90 Å². The number of nitrogens with zero attached hydrogens (tertiary/aromatic N) is 4. The first-order valence-corrected chi connectivity index (χ1v) is 12.3. The van der Waals surface area contributed by atoms with E-state index in [1.165, 1.54) is 41.3 Å². The predicted molar refractivity (Wildman–Crippen MR) is 146 cm³/mol. The minimum Gasteiger partial charge on any atom is -0.467 e. The maximum Gasteiger partial charge on any atom is 0.270 e. The number of carbonyl (C=O) groups is 1. The van der Waals surface area contributed by atoms with Crippen molar-refractivity contribution in [3.05, 3.63) is 129 Å². The van der Waals surface area contributed by atoms with Crippen molar-refractivity contribution in [3.8, 4) is 11.5 Å². The Balaban J connectivity index is 1.40. The second-order valence-electron chi connectivity index (χ2n) is 8.05. The molecule has 5 rings (SSSR count). The van der Waals surface area contributed by atoms with Crippen molar-refractivity contribution in [2.45, 2.75) is 6.54 Å². The number of furan rings is 1. The smallest absolute Gasteiger partial charge is 0.270 e.